The van der Waals surface area contributed by atoms with Crippen LogP contribution < -0.4 is 9.46 Å². The van der Waals surface area contributed by atoms with E-state index in [1.165, 1.54) is 11.8 Å². The molecular formula is C25H25NO3S. The van der Waals surface area contributed by atoms with Gasteiger partial charge in [0.05, 0.1) is 6.26 Å². The van der Waals surface area contributed by atoms with E-state index in [2.05, 4.69) is 35.9 Å². The third-order valence-electron chi connectivity index (χ3n) is 5.14. The standard InChI is InChI=1S/C25H25NO3S/c1-3-9-21(18-11-8-12-20(16-18)26-30(2,27)28)25-22-13-5-4-10-19(22)17-29-24-15-7-6-14-23(24)25/h4-8,10-16,26H,3,9,17H2,1-2H3/b25-21+. The zero-order valence-corrected chi connectivity index (χ0v) is 18.0. The average molecular weight is 420 g/mol. The van der Waals surface area contributed by atoms with E-state index >= 15 is 0 Å². The van der Waals surface area contributed by atoms with Crippen LogP contribution in [-0.4, -0.2) is 14.7 Å². The van der Waals surface area contributed by atoms with Gasteiger partial charge < -0.3 is 4.74 Å². The maximum absolute atomic E-state index is 11.7. The van der Waals surface area contributed by atoms with E-state index in [-0.39, 0.29) is 0 Å². The summed E-state index contributed by atoms with van der Waals surface area (Å²) in [5, 5.41) is 0. The summed E-state index contributed by atoms with van der Waals surface area (Å²) in [5.41, 5.74) is 7.27. The van der Waals surface area contributed by atoms with Crippen molar-refractivity contribution < 1.29 is 13.2 Å². The number of hydrogen-bond acceptors (Lipinski definition) is 3. The summed E-state index contributed by atoms with van der Waals surface area (Å²) in [4.78, 5) is 0. The van der Waals surface area contributed by atoms with Gasteiger partial charge in [-0.2, -0.15) is 0 Å². The Morgan fingerprint density at radius 1 is 0.967 bits per heavy atom. The molecule has 0 aromatic heterocycles. The number of para-hydroxylation sites is 1. The van der Waals surface area contributed by atoms with Gasteiger partial charge in [0.2, 0.25) is 10.0 Å². The molecule has 0 spiro atoms. The molecule has 0 amide bonds. The second-order valence-electron chi connectivity index (χ2n) is 7.50. The Kier molecular flexibility index (Phi) is 5.64. The molecule has 3 aromatic carbocycles. The number of nitrogens with one attached hydrogen (secondary N) is 1. The Morgan fingerprint density at radius 2 is 1.70 bits per heavy atom. The number of hydrogen-bond donors (Lipinski definition) is 1. The topological polar surface area (TPSA) is 55.4 Å². The first-order chi connectivity index (χ1) is 14.5. The molecule has 1 aliphatic heterocycles. The zero-order chi connectivity index (χ0) is 21.1. The van der Waals surface area contributed by atoms with Crippen LogP contribution in [0.25, 0.3) is 11.1 Å². The molecule has 1 aliphatic rings. The number of sulfonamides is 1. The van der Waals surface area contributed by atoms with Gasteiger partial charge in [0, 0.05) is 11.3 Å². The Labute approximate surface area is 178 Å². The smallest absolute Gasteiger partial charge is 0.229 e. The minimum absolute atomic E-state index is 0.520. The van der Waals surface area contributed by atoms with Crippen LogP contribution in [0.4, 0.5) is 5.69 Å². The molecule has 0 unspecified atom stereocenters. The van der Waals surface area contributed by atoms with Crippen LogP contribution in [-0.2, 0) is 16.6 Å². The molecule has 0 bridgehead atoms. The number of ether oxygens (including phenoxy) is 1. The Hall–Kier alpha value is -3.05. The van der Waals surface area contributed by atoms with E-state index in [0.717, 1.165) is 46.4 Å². The van der Waals surface area contributed by atoms with Gasteiger partial charge in [0.15, 0.2) is 0 Å². The summed E-state index contributed by atoms with van der Waals surface area (Å²) >= 11 is 0. The summed E-state index contributed by atoms with van der Waals surface area (Å²) in [5.74, 6) is 0.864. The molecule has 4 nitrogen and oxygen atoms in total. The summed E-state index contributed by atoms with van der Waals surface area (Å²) in [6, 6.07) is 24.1. The van der Waals surface area contributed by atoms with Crippen molar-refractivity contribution >= 4 is 26.9 Å². The van der Waals surface area contributed by atoms with Gasteiger partial charge in [0.1, 0.15) is 12.4 Å². The van der Waals surface area contributed by atoms with Crippen LogP contribution in [0.1, 0.15) is 42.0 Å². The van der Waals surface area contributed by atoms with Crippen molar-refractivity contribution in [3.8, 4) is 5.75 Å². The SMILES string of the molecule is CCC/C(=C1/c2ccccc2COc2ccccc21)c1cccc(NS(C)(=O)=O)c1. The molecule has 1 N–H and O–H groups in total. The minimum Gasteiger partial charge on any atom is -0.488 e. The first kappa shape index (κ1) is 20.2. The first-order valence-corrected chi connectivity index (χ1v) is 12.0. The summed E-state index contributed by atoms with van der Waals surface area (Å²) in [7, 11) is -3.35. The minimum atomic E-state index is -3.35. The van der Waals surface area contributed by atoms with Gasteiger partial charge in [-0.05, 0) is 52.5 Å². The van der Waals surface area contributed by atoms with Crippen molar-refractivity contribution in [2.75, 3.05) is 11.0 Å². The average Bonchev–Trinajstić information content (AvgIpc) is 2.88. The maximum Gasteiger partial charge on any atom is 0.229 e. The molecule has 0 aliphatic carbocycles. The highest BCUT2D eigenvalue weighted by atomic mass is 32.2. The van der Waals surface area contributed by atoms with Gasteiger partial charge in [-0.15, -0.1) is 0 Å². The first-order valence-electron chi connectivity index (χ1n) is 10.1. The lowest BCUT2D eigenvalue weighted by Crippen LogP contribution is -2.09. The Bertz CT molecular complexity index is 1160. The Balaban J connectivity index is 2.00. The van der Waals surface area contributed by atoms with E-state index in [4.69, 9.17) is 4.74 Å². The molecule has 154 valence electrons. The monoisotopic (exact) mass is 419 g/mol. The van der Waals surface area contributed by atoms with Crippen LogP contribution >= 0.6 is 0 Å². The maximum atomic E-state index is 11.7. The lowest BCUT2D eigenvalue weighted by atomic mass is 9.85. The highest BCUT2D eigenvalue weighted by molar-refractivity contribution is 7.92. The summed E-state index contributed by atoms with van der Waals surface area (Å²) < 4.78 is 32.2. The number of benzene rings is 3. The summed E-state index contributed by atoms with van der Waals surface area (Å²) in [6.07, 6.45) is 2.99. The molecule has 4 rings (SSSR count). The van der Waals surface area contributed by atoms with E-state index < -0.39 is 10.0 Å². The molecule has 5 heteroatoms. The highest BCUT2D eigenvalue weighted by Crippen LogP contribution is 2.42. The van der Waals surface area contributed by atoms with Crippen LogP contribution in [0.5, 0.6) is 5.75 Å². The van der Waals surface area contributed by atoms with Gasteiger partial charge in [-0.3, -0.25) is 4.72 Å². The molecule has 0 fully saturated rings. The van der Waals surface area contributed by atoms with E-state index in [9.17, 15) is 8.42 Å². The lowest BCUT2D eigenvalue weighted by Gasteiger charge is -2.18. The van der Waals surface area contributed by atoms with Gasteiger partial charge in [-0.25, -0.2) is 8.42 Å². The van der Waals surface area contributed by atoms with E-state index in [0.29, 0.717) is 12.3 Å². The van der Waals surface area contributed by atoms with Crippen molar-refractivity contribution in [1.82, 2.24) is 0 Å². The molecule has 1 heterocycles. The van der Waals surface area contributed by atoms with Crippen LogP contribution in [0, 0.1) is 0 Å². The fourth-order valence-electron chi connectivity index (χ4n) is 3.96. The fraction of sp³-hybridized carbons (Fsp3) is 0.200. The van der Waals surface area contributed by atoms with E-state index in [1.54, 1.807) is 6.07 Å². The molecule has 3 aromatic rings. The van der Waals surface area contributed by atoms with Crippen LogP contribution in [0.2, 0.25) is 0 Å². The van der Waals surface area contributed by atoms with Gasteiger partial charge in [0.25, 0.3) is 0 Å². The number of allylic oxidation sites excluding steroid dienone is 1. The van der Waals surface area contributed by atoms with Crippen molar-refractivity contribution in [2.24, 2.45) is 0 Å². The molecular weight excluding hydrogens is 394 g/mol. The molecule has 0 radical (unpaired) electrons. The van der Waals surface area contributed by atoms with Crippen molar-refractivity contribution in [3.63, 3.8) is 0 Å². The number of fused-ring (bicyclic) bond motifs is 2. The second kappa shape index (κ2) is 8.36. The molecule has 0 saturated carbocycles. The van der Waals surface area contributed by atoms with Crippen LogP contribution in [0.3, 0.4) is 0 Å². The zero-order valence-electron chi connectivity index (χ0n) is 17.2. The third-order valence-corrected chi connectivity index (χ3v) is 5.75. The third kappa shape index (κ3) is 4.26. The second-order valence-corrected chi connectivity index (χ2v) is 9.25. The van der Waals surface area contributed by atoms with Crippen molar-refractivity contribution in [1.29, 1.82) is 0 Å². The van der Waals surface area contributed by atoms with E-state index in [1.807, 2.05) is 42.5 Å². The summed E-state index contributed by atoms with van der Waals surface area (Å²) in [6.45, 7) is 2.68. The lowest BCUT2D eigenvalue weighted by molar-refractivity contribution is 0.307. The predicted octanol–water partition coefficient (Wildman–Crippen LogP) is 5.71. The van der Waals surface area contributed by atoms with Gasteiger partial charge in [-0.1, -0.05) is 67.9 Å². The predicted molar refractivity (Wildman–Crippen MR) is 123 cm³/mol. The fourth-order valence-corrected chi connectivity index (χ4v) is 4.52. The number of anilines is 1. The molecule has 0 saturated heterocycles. The molecule has 0 atom stereocenters. The van der Waals surface area contributed by atoms with Crippen molar-refractivity contribution in [2.45, 2.75) is 26.4 Å². The normalized spacial score (nSPS) is 14.7. The number of rotatable bonds is 5. The molecule has 30 heavy (non-hydrogen) atoms. The van der Waals surface area contributed by atoms with Crippen LogP contribution in [0.15, 0.2) is 72.8 Å². The Morgan fingerprint density at radius 3 is 2.47 bits per heavy atom. The van der Waals surface area contributed by atoms with Crippen molar-refractivity contribution in [3.05, 3.63) is 95.1 Å². The van der Waals surface area contributed by atoms with Gasteiger partial charge >= 0.3 is 0 Å². The quantitative estimate of drug-likeness (QED) is 0.576. The highest BCUT2D eigenvalue weighted by Gasteiger charge is 2.22. The largest absolute Gasteiger partial charge is 0.488 e.